The summed E-state index contributed by atoms with van der Waals surface area (Å²) in [5.41, 5.74) is 0.669. The number of rotatable bonds is 3. The minimum Gasteiger partial charge on any atom is -0.387 e. The van der Waals surface area contributed by atoms with Gasteiger partial charge in [0, 0.05) is 18.1 Å². The second-order valence-corrected chi connectivity index (χ2v) is 4.40. The van der Waals surface area contributed by atoms with E-state index in [1.165, 1.54) is 18.1 Å². The van der Waals surface area contributed by atoms with Crippen molar-refractivity contribution < 1.29 is 5.11 Å². The Bertz CT molecular complexity index is 466. The molecule has 2 aromatic rings. The van der Waals surface area contributed by atoms with Crippen LogP contribution in [0.1, 0.15) is 18.7 Å². The SMILES string of the molecule is C[C@@H](O)c1ccc(Sc2ncnn2C)cn1. The average Bonchev–Trinajstić information content (AvgIpc) is 2.65. The summed E-state index contributed by atoms with van der Waals surface area (Å²) in [4.78, 5) is 9.24. The molecule has 0 unspecified atom stereocenters. The summed E-state index contributed by atoms with van der Waals surface area (Å²) in [5, 5.41) is 14.1. The third kappa shape index (κ3) is 2.40. The molecule has 0 radical (unpaired) electrons. The van der Waals surface area contributed by atoms with E-state index in [0.29, 0.717) is 5.69 Å². The first kappa shape index (κ1) is 11.1. The second kappa shape index (κ2) is 4.63. The first-order valence-electron chi connectivity index (χ1n) is 4.82. The van der Waals surface area contributed by atoms with E-state index in [9.17, 15) is 5.11 Å². The minimum absolute atomic E-state index is 0.533. The van der Waals surface area contributed by atoms with Crippen molar-refractivity contribution in [1.29, 1.82) is 0 Å². The molecule has 0 saturated carbocycles. The van der Waals surface area contributed by atoms with Crippen molar-refractivity contribution >= 4 is 11.8 Å². The summed E-state index contributed by atoms with van der Waals surface area (Å²) in [6, 6.07) is 3.72. The molecule has 0 saturated heterocycles. The maximum Gasteiger partial charge on any atom is 0.190 e. The van der Waals surface area contributed by atoms with E-state index >= 15 is 0 Å². The van der Waals surface area contributed by atoms with Crippen LogP contribution in [0.25, 0.3) is 0 Å². The summed E-state index contributed by atoms with van der Waals surface area (Å²) < 4.78 is 1.70. The molecular weight excluding hydrogens is 224 g/mol. The predicted octanol–water partition coefficient (Wildman–Crippen LogP) is 1.41. The number of hydrogen-bond acceptors (Lipinski definition) is 5. The molecule has 84 valence electrons. The van der Waals surface area contributed by atoms with Crippen LogP contribution in [-0.2, 0) is 7.05 Å². The topological polar surface area (TPSA) is 63.8 Å². The molecule has 1 atom stereocenters. The lowest BCUT2D eigenvalue weighted by Gasteiger charge is -2.04. The Morgan fingerprint density at radius 1 is 1.38 bits per heavy atom. The van der Waals surface area contributed by atoms with Gasteiger partial charge in [-0.1, -0.05) is 0 Å². The lowest BCUT2D eigenvalue weighted by atomic mass is 10.2. The van der Waals surface area contributed by atoms with Gasteiger partial charge in [-0.3, -0.25) is 4.98 Å². The predicted molar refractivity (Wildman–Crippen MR) is 60.0 cm³/mol. The fourth-order valence-corrected chi connectivity index (χ4v) is 1.91. The Morgan fingerprint density at radius 2 is 2.19 bits per heavy atom. The Hall–Kier alpha value is -1.40. The lowest BCUT2D eigenvalue weighted by molar-refractivity contribution is 0.194. The number of aryl methyl sites for hydroxylation is 1. The molecule has 0 aliphatic heterocycles. The van der Waals surface area contributed by atoms with Gasteiger partial charge < -0.3 is 5.11 Å². The van der Waals surface area contributed by atoms with Gasteiger partial charge in [-0.05, 0) is 30.8 Å². The van der Waals surface area contributed by atoms with Crippen LogP contribution in [0.3, 0.4) is 0 Å². The van der Waals surface area contributed by atoms with Gasteiger partial charge in [-0.2, -0.15) is 5.10 Å². The van der Waals surface area contributed by atoms with Crippen molar-refractivity contribution in [2.24, 2.45) is 7.05 Å². The van der Waals surface area contributed by atoms with Gasteiger partial charge in [0.1, 0.15) is 6.33 Å². The van der Waals surface area contributed by atoms with E-state index < -0.39 is 6.10 Å². The molecule has 0 bridgehead atoms. The number of aliphatic hydroxyl groups is 1. The molecule has 6 heteroatoms. The Balaban J connectivity index is 2.14. The normalized spacial score (nSPS) is 12.7. The van der Waals surface area contributed by atoms with E-state index in [2.05, 4.69) is 15.1 Å². The summed E-state index contributed by atoms with van der Waals surface area (Å²) in [5.74, 6) is 0. The largest absolute Gasteiger partial charge is 0.387 e. The lowest BCUT2D eigenvalue weighted by Crippen LogP contribution is -1.95. The summed E-state index contributed by atoms with van der Waals surface area (Å²) in [7, 11) is 1.84. The van der Waals surface area contributed by atoms with Gasteiger partial charge in [-0.25, -0.2) is 9.67 Å². The van der Waals surface area contributed by atoms with Gasteiger partial charge in [0.05, 0.1) is 11.8 Å². The van der Waals surface area contributed by atoms with E-state index in [1.54, 1.807) is 17.8 Å². The minimum atomic E-state index is -0.533. The molecular formula is C10H12N4OS. The number of nitrogens with zero attached hydrogens (tertiary/aromatic N) is 4. The fraction of sp³-hybridized carbons (Fsp3) is 0.300. The highest BCUT2D eigenvalue weighted by atomic mass is 32.2. The maximum absolute atomic E-state index is 9.32. The average molecular weight is 236 g/mol. The Labute approximate surface area is 97.5 Å². The number of hydrogen-bond donors (Lipinski definition) is 1. The van der Waals surface area contributed by atoms with E-state index in [1.807, 2.05) is 19.2 Å². The molecule has 1 N–H and O–H groups in total. The van der Waals surface area contributed by atoms with Crippen molar-refractivity contribution in [3.63, 3.8) is 0 Å². The Kier molecular flexibility index (Phi) is 3.21. The molecule has 2 heterocycles. The third-order valence-electron chi connectivity index (χ3n) is 2.07. The molecule has 16 heavy (non-hydrogen) atoms. The van der Waals surface area contributed by atoms with Crippen molar-refractivity contribution in [3.8, 4) is 0 Å². The molecule has 0 aliphatic rings. The third-order valence-corrected chi connectivity index (χ3v) is 3.10. The molecule has 0 aromatic carbocycles. The maximum atomic E-state index is 9.32. The number of aromatic nitrogens is 4. The van der Waals surface area contributed by atoms with E-state index in [-0.39, 0.29) is 0 Å². The molecule has 2 rings (SSSR count). The van der Waals surface area contributed by atoms with Crippen LogP contribution in [0.2, 0.25) is 0 Å². The molecule has 2 aromatic heterocycles. The van der Waals surface area contributed by atoms with Gasteiger partial charge in [0.15, 0.2) is 5.16 Å². The van der Waals surface area contributed by atoms with Crippen LogP contribution in [0, 0.1) is 0 Å². The van der Waals surface area contributed by atoms with Crippen LogP contribution >= 0.6 is 11.8 Å². The van der Waals surface area contributed by atoms with Gasteiger partial charge in [0.2, 0.25) is 0 Å². The molecule has 5 nitrogen and oxygen atoms in total. The highest BCUT2D eigenvalue weighted by molar-refractivity contribution is 7.99. The van der Waals surface area contributed by atoms with Gasteiger partial charge in [0.25, 0.3) is 0 Å². The van der Waals surface area contributed by atoms with Gasteiger partial charge >= 0.3 is 0 Å². The van der Waals surface area contributed by atoms with Crippen molar-refractivity contribution in [2.75, 3.05) is 0 Å². The van der Waals surface area contributed by atoms with Crippen molar-refractivity contribution in [1.82, 2.24) is 19.7 Å². The Morgan fingerprint density at radius 3 is 2.69 bits per heavy atom. The molecule has 0 aliphatic carbocycles. The van der Waals surface area contributed by atoms with Crippen LogP contribution < -0.4 is 0 Å². The molecule has 0 amide bonds. The van der Waals surface area contributed by atoms with Crippen molar-refractivity contribution in [2.45, 2.75) is 23.1 Å². The molecule has 0 fully saturated rings. The summed E-state index contributed by atoms with van der Waals surface area (Å²) in [6.07, 6.45) is 2.70. The van der Waals surface area contributed by atoms with Gasteiger partial charge in [-0.15, -0.1) is 0 Å². The zero-order valence-corrected chi connectivity index (χ0v) is 9.85. The zero-order valence-electron chi connectivity index (χ0n) is 9.03. The fourth-order valence-electron chi connectivity index (χ4n) is 1.18. The summed E-state index contributed by atoms with van der Waals surface area (Å²) in [6.45, 7) is 1.69. The smallest absolute Gasteiger partial charge is 0.190 e. The highest BCUT2D eigenvalue weighted by Crippen LogP contribution is 2.24. The monoisotopic (exact) mass is 236 g/mol. The summed E-state index contributed by atoms with van der Waals surface area (Å²) >= 11 is 1.49. The molecule has 0 spiro atoms. The number of aliphatic hydroxyl groups excluding tert-OH is 1. The number of pyridine rings is 1. The van der Waals surface area contributed by atoms with Crippen molar-refractivity contribution in [3.05, 3.63) is 30.4 Å². The first-order valence-corrected chi connectivity index (χ1v) is 5.64. The van der Waals surface area contributed by atoms with Crippen LogP contribution in [0.4, 0.5) is 0 Å². The van der Waals surface area contributed by atoms with E-state index in [4.69, 9.17) is 0 Å². The first-order chi connectivity index (χ1) is 7.66. The highest BCUT2D eigenvalue weighted by Gasteiger charge is 2.05. The van der Waals surface area contributed by atoms with Crippen LogP contribution in [0.15, 0.2) is 34.7 Å². The van der Waals surface area contributed by atoms with E-state index in [0.717, 1.165) is 10.1 Å². The quantitative estimate of drug-likeness (QED) is 0.873. The zero-order chi connectivity index (χ0) is 11.5. The standard InChI is InChI=1S/C10H12N4OS/c1-7(15)9-4-3-8(5-11-9)16-10-12-6-13-14(10)2/h3-7,15H,1-2H3/t7-/m1/s1. The second-order valence-electron chi connectivity index (χ2n) is 3.36. The van der Waals surface area contributed by atoms with Crippen LogP contribution in [0.5, 0.6) is 0 Å². The van der Waals surface area contributed by atoms with Crippen LogP contribution in [-0.4, -0.2) is 24.9 Å².